The van der Waals surface area contributed by atoms with E-state index in [0.29, 0.717) is 11.4 Å². The van der Waals surface area contributed by atoms with Crippen molar-refractivity contribution < 1.29 is 17.9 Å². The lowest BCUT2D eigenvalue weighted by molar-refractivity contribution is -0.154. The van der Waals surface area contributed by atoms with Crippen LogP contribution >= 0.6 is 0 Å². The van der Waals surface area contributed by atoms with Crippen LogP contribution < -0.4 is 4.72 Å². The summed E-state index contributed by atoms with van der Waals surface area (Å²) < 4.78 is 40.6. The molecule has 0 radical (unpaired) electrons. The van der Waals surface area contributed by atoms with Gasteiger partial charge in [0.15, 0.2) is 6.29 Å². The number of anilines is 1. The summed E-state index contributed by atoms with van der Waals surface area (Å²) in [5.41, 5.74) is 2.62. The van der Waals surface area contributed by atoms with Crippen molar-refractivity contribution in [3.8, 4) is 11.8 Å². The monoisotopic (exact) mass is 403 g/mol. The SMILES string of the molecule is Cc1nn(C)c(C)c1NS(=O)(=O)c1ccc(C#CCOC2CCCCO2)cc1. The number of nitrogens with zero attached hydrogens (tertiary/aromatic N) is 2. The zero-order valence-corrected chi connectivity index (χ0v) is 17.2. The lowest BCUT2D eigenvalue weighted by Crippen LogP contribution is -2.22. The molecule has 150 valence electrons. The zero-order chi connectivity index (χ0) is 20.1. The van der Waals surface area contributed by atoms with E-state index in [4.69, 9.17) is 9.47 Å². The van der Waals surface area contributed by atoms with Gasteiger partial charge in [0.25, 0.3) is 10.0 Å². The van der Waals surface area contributed by atoms with Gasteiger partial charge in [-0.05, 0) is 57.4 Å². The summed E-state index contributed by atoms with van der Waals surface area (Å²) in [5, 5.41) is 4.23. The molecule has 1 fully saturated rings. The molecule has 1 atom stereocenters. The van der Waals surface area contributed by atoms with Crippen LogP contribution in [0.15, 0.2) is 29.2 Å². The summed E-state index contributed by atoms with van der Waals surface area (Å²) in [6.07, 6.45) is 2.92. The first kappa shape index (κ1) is 20.4. The first-order valence-electron chi connectivity index (χ1n) is 9.22. The number of hydrogen-bond acceptors (Lipinski definition) is 5. The number of aryl methyl sites for hydroxylation is 2. The van der Waals surface area contributed by atoms with Crippen LogP contribution in [-0.4, -0.2) is 37.7 Å². The van der Waals surface area contributed by atoms with E-state index in [9.17, 15) is 8.42 Å². The second-order valence-corrected chi connectivity index (χ2v) is 8.39. The summed E-state index contributed by atoms with van der Waals surface area (Å²) in [7, 11) is -1.92. The summed E-state index contributed by atoms with van der Waals surface area (Å²) in [6.45, 7) is 4.60. The van der Waals surface area contributed by atoms with Gasteiger partial charge in [-0.1, -0.05) is 11.8 Å². The highest BCUT2D eigenvalue weighted by Gasteiger charge is 2.19. The van der Waals surface area contributed by atoms with Crippen LogP contribution in [0.3, 0.4) is 0 Å². The van der Waals surface area contributed by atoms with Crippen molar-refractivity contribution >= 4 is 15.7 Å². The topological polar surface area (TPSA) is 82.5 Å². The zero-order valence-electron chi connectivity index (χ0n) is 16.4. The van der Waals surface area contributed by atoms with E-state index >= 15 is 0 Å². The molecule has 1 saturated heterocycles. The summed E-state index contributed by atoms with van der Waals surface area (Å²) in [5.74, 6) is 5.91. The molecule has 1 aliphatic rings. The van der Waals surface area contributed by atoms with Gasteiger partial charge in [0.2, 0.25) is 0 Å². The van der Waals surface area contributed by atoms with Gasteiger partial charge in [-0.2, -0.15) is 5.10 Å². The van der Waals surface area contributed by atoms with E-state index in [1.165, 1.54) is 0 Å². The summed E-state index contributed by atoms with van der Waals surface area (Å²) >= 11 is 0. The number of ether oxygens (including phenoxy) is 2. The highest BCUT2D eigenvalue weighted by molar-refractivity contribution is 7.92. The maximum atomic E-state index is 12.6. The van der Waals surface area contributed by atoms with Gasteiger partial charge in [0.1, 0.15) is 6.61 Å². The quantitative estimate of drug-likeness (QED) is 0.777. The number of hydrogen-bond donors (Lipinski definition) is 1. The predicted octanol–water partition coefficient (Wildman–Crippen LogP) is 2.73. The van der Waals surface area contributed by atoms with Crippen molar-refractivity contribution in [3.63, 3.8) is 0 Å². The minimum absolute atomic E-state index is 0.166. The molecule has 3 rings (SSSR count). The molecule has 1 N–H and O–H groups in total. The average molecular weight is 404 g/mol. The fourth-order valence-corrected chi connectivity index (χ4v) is 4.12. The summed E-state index contributed by atoms with van der Waals surface area (Å²) in [4.78, 5) is 0.174. The van der Waals surface area contributed by atoms with Crippen LogP contribution in [0.25, 0.3) is 0 Å². The number of sulfonamides is 1. The Balaban J connectivity index is 1.62. The van der Waals surface area contributed by atoms with Gasteiger partial charge >= 0.3 is 0 Å². The minimum Gasteiger partial charge on any atom is -0.353 e. The molecule has 1 aromatic carbocycles. The van der Waals surface area contributed by atoms with Crippen LogP contribution in [0.5, 0.6) is 0 Å². The lowest BCUT2D eigenvalue weighted by atomic mass is 10.2. The molecular formula is C20H25N3O4S. The first-order valence-corrected chi connectivity index (χ1v) is 10.7. The Morgan fingerprint density at radius 2 is 2.04 bits per heavy atom. The van der Waals surface area contributed by atoms with Crippen molar-refractivity contribution in [2.75, 3.05) is 17.9 Å². The highest BCUT2D eigenvalue weighted by Crippen LogP contribution is 2.22. The number of nitrogens with one attached hydrogen (secondary N) is 1. The Morgan fingerprint density at radius 3 is 2.64 bits per heavy atom. The molecule has 0 bridgehead atoms. The Morgan fingerprint density at radius 1 is 1.29 bits per heavy atom. The second-order valence-electron chi connectivity index (χ2n) is 6.71. The van der Waals surface area contributed by atoms with Crippen LogP contribution in [0.1, 0.15) is 36.2 Å². The van der Waals surface area contributed by atoms with Crippen molar-refractivity contribution in [1.29, 1.82) is 0 Å². The van der Waals surface area contributed by atoms with E-state index in [2.05, 4.69) is 21.7 Å². The third-order valence-corrected chi connectivity index (χ3v) is 5.99. The van der Waals surface area contributed by atoms with E-state index < -0.39 is 10.0 Å². The Hall–Kier alpha value is -2.34. The maximum absolute atomic E-state index is 12.6. The molecular weight excluding hydrogens is 378 g/mol. The Bertz CT molecular complexity index is 979. The molecule has 7 nitrogen and oxygen atoms in total. The molecule has 0 aliphatic carbocycles. The highest BCUT2D eigenvalue weighted by atomic mass is 32.2. The van der Waals surface area contributed by atoms with E-state index in [-0.39, 0.29) is 17.8 Å². The van der Waals surface area contributed by atoms with E-state index in [0.717, 1.165) is 37.1 Å². The molecule has 0 saturated carbocycles. The van der Waals surface area contributed by atoms with Gasteiger partial charge < -0.3 is 9.47 Å². The Kier molecular flexibility index (Phi) is 6.39. The second kappa shape index (κ2) is 8.78. The fourth-order valence-electron chi connectivity index (χ4n) is 2.95. The third-order valence-electron chi connectivity index (χ3n) is 4.62. The molecule has 1 unspecified atom stereocenters. The molecule has 1 aromatic heterocycles. The minimum atomic E-state index is -3.69. The Labute approximate surface area is 166 Å². The normalized spacial score (nSPS) is 17.0. The average Bonchev–Trinajstić information content (AvgIpc) is 2.92. The molecule has 28 heavy (non-hydrogen) atoms. The molecule has 2 aromatic rings. The van der Waals surface area contributed by atoms with Crippen LogP contribution in [0.4, 0.5) is 5.69 Å². The van der Waals surface area contributed by atoms with Crippen LogP contribution in [0.2, 0.25) is 0 Å². The van der Waals surface area contributed by atoms with Gasteiger partial charge in [-0.3, -0.25) is 9.40 Å². The van der Waals surface area contributed by atoms with E-state index in [1.54, 1.807) is 42.9 Å². The van der Waals surface area contributed by atoms with Gasteiger partial charge in [-0.15, -0.1) is 0 Å². The van der Waals surface area contributed by atoms with Crippen LogP contribution in [0, 0.1) is 25.7 Å². The van der Waals surface area contributed by atoms with Crippen molar-refractivity contribution in [1.82, 2.24) is 9.78 Å². The number of aromatic nitrogens is 2. The third kappa shape index (κ3) is 4.93. The molecule has 8 heteroatoms. The number of benzene rings is 1. The lowest BCUT2D eigenvalue weighted by Gasteiger charge is -2.21. The molecule has 2 heterocycles. The van der Waals surface area contributed by atoms with Crippen molar-refractivity contribution in [2.24, 2.45) is 7.05 Å². The molecule has 0 amide bonds. The van der Waals surface area contributed by atoms with Crippen molar-refractivity contribution in [3.05, 3.63) is 41.2 Å². The largest absolute Gasteiger partial charge is 0.353 e. The van der Waals surface area contributed by atoms with Crippen LogP contribution in [-0.2, 0) is 26.5 Å². The van der Waals surface area contributed by atoms with Gasteiger partial charge in [0.05, 0.1) is 22.0 Å². The maximum Gasteiger partial charge on any atom is 0.262 e. The molecule has 1 aliphatic heterocycles. The van der Waals surface area contributed by atoms with Gasteiger partial charge in [0, 0.05) is 19.2 Å². The van der Waals surface area contributed by atoms with Crippen molar-refractivity contribution in [2.45, 2.75) is 44.3 Å². The van der Waals surface area contributed by atoms with Gasteiger partial charge in [-0.25, -0.2) is 8.42 Å². The number of rotatable bonds is 5. The first-order chi connectivity index (χ1) is 13.4. The standard InChI is InChI=1S/C20H25N3O4S/c1-15-20(16(2)23(3)21-15)22-28(24,25)18-11-9-17(10-12-18)7-6-14-27-19-8-4-5-13-26-19/h9-12,19,22H,4-5,8,13-14H2,1-3H3. The van der Waals surface area contributed by atoms with E-state index in [1.807, 2.05) is 6.92 Å². The predicted molar refractivity (Wildman–Crippen MR) is 106 cm³/mol. The molecule has 0 spiro atoms. The fraction of sp³-hybridized carbons (Fsp3) is 0.450. The summed E-state index contributed by atoms with van der Waals surface area (Å²) in [6, 6.07) is 6.44. The smallest absolute Gasteiger partial charge is 0.262 e.